The minimum atomic E-state index is -0.231. The van der Waals surface area contributed by atoms with Gasteiger partial charge in [-0.2, -0.15) is 0 Å². The second-order valence-electron chi connectivity index (χ2n) is 4.94. The van der Waals surface area contributed by atoms with Gasteiger partial charge in [0.05, 0.1) is 6.61 Å². The largest absolute Gasteiger partial charge is 0.493 e. The Labute approximate surface area is 116 Å². The van der Waals surface area contributed by atoms with E-state index >= 15 is 0 Å². The fourth-order valence-corrected chi connectivity index (χ4v) is 2.08. The minimum Gasteiger partial charge on any atom is -0.493 e. The Bertz CT molecular complexity index is 355. The Morgan fingerprint density at radius 3 is 2.53 bits per heavy atom. The smallest absolute Gasteiger partial charge is 0.127 e. The van der Waals surface area contributed by atoms with E-state index in [9.17, 15) is 4.39 Å². The van der Waals surface area contributed by atoms with Crippen molar-refractivity contribution in [1.29, 1.82) is 0 Å². The van der Waals surface area contributed by atoms with E-state index in [1.54, 1.807) is 0 Å². The van der Waals surface area contributed by atoms with Crippen molar-refractivity contribution in [3.63, 3.8) is 0 Å². The van der Waals surface area contributed by atoms with Crippen LogP contribution in [0.3, 0.4) is 0 Å². The molecule has 0 bridgehead atoms. The molecule has 19 heavy (non-hydrogen) atoms. The second kappa shape index (κ2) is 9.79. The summed E-state index contributed by atoms with van der Waals surface area (Å²) in [5.74, 6) is 0.407. The SMILES string of the molecule is CCCCCCCCOc1cc(F)cc(CNC)c1. The van der Waals surface area contributed by atoms with Gasteiger partial charge in [-0.1, -0.05) is 39.0 Å². The summed E-state index contributed by atoms with van der Waals surface area (Å²) in [6.45, 7) is 3.55. The molecule has 0 aliphatic carbocycles. The summed E-state index contributed by atoms with van der Waals surface area (Å²) in [7, 11) is 1.85. The van der Waals surface area contributed by atoms with Gasteiger partial charge in [-0.3, -0.25) is 0 Å². The van der Waals surface area contributed by atoms with E-state index in [1.165, 1.54) is 44.2 Å². The van der Waals surface area contributed by atoms with Gasteiger partial charge in [-0.25, -0.2) is 4.39 Å². The first-order valence-electron chi connectivity index (χ1n) is 7.33. The predicted octanol–water partition coefficient (Wildman–Crippen LogP) is 4.28. The lowest BCUT2D eigenvalue weighted by molar-refractivity contribution is 0.302. The van der Waals surface area contributed by atoms with Gasteiger partial charge in [0.2, 0.25) is 0 Å². The number of ether oxygens (including phenoxy) is 1. The highest BCUT2D eigenvalue weighted by molar-refractivity contribution is 5.29. The van der Waals surface area contributed by atoms with Crippen molar-refractivity contribution in [3.8, 4) is 5.75 Å². The Balaban J connectivity index is 2.25. The van der Waals surface area contributed by atoms with E-state index in [0.29, 0.717) is 18.9 Å². The summed E-state index contributed by atoms with van der Waals surface area (Å²) < 4.78 is 19.0. The van der Waals surface area contributed by atoms with Crippen LogP contribution in [0.2, 0.25) is 0 Å². The quantitative estimate of drug-likeness (QED) is 0.639. The van der Waals surface area contributed by atoms with Crippen molar-refractivity contribution < 1.29 is 9.13 Å². The molecule has 0 unspecified atom stereocenters. The predicted molar refractivity (Wildman–Crippen MR) is 78.0 cm³/mol. The molecule has 0 radical (unpaired) electrons. The van der Waals surface area contributed by atoms with Crippen LogP contribution in [0.1, 0.15) is 51.0 Å². The zero-order valence-electron chi connectivity index (χ0n) is 12.2. The molecule has 0 aromatic heterocycles. The van der Waals surface area contributed by atoms with Crippen LogP contribution in [0.25, 0.3) is 0 Å². The Morgan fingerprint density at radius 1 is 1.05 bits per heavy atom. The van der Waals surface area contributed by atoms with Crippen molar-refractivity contribution in [2.75, 3.05) is 13.7 Å². The summed E-state index contributed by atoms with van der Waals surface area (Å²) in [6.07, 6.45) is 7.40. The number of rotatable bonds is 10. The molecule has 1 rings (SSSR count). The maximum Gasteiger partial charge on any atom is 0.127 e. The molecule has 0 fully saturated rings. The third-order valence-electron chi connectivity index (χ3n) is 3.08. The summed E-state index contributed by atoms with van der Waals surface area (Å²) in [6, 6.07) is 4.89. The summed E-state index contributed by atoms with van der Waals surface area (Å²) in [4.78, 5) is 0. The standard InChI is InChI=1S/C16H26FNO/c1-3-4-5-6-7-8-9-19-16-11-14(13-18-2)10-15(17)12-16/h10-12,18H,3-9,13H2,1-2H3. The molecule has 0 amide bonds. The summed E-state index contributed by atoms with van der Waals surface area (Å²) in [5, 5.41) is 3.01. The maximum absolute atomic E-state index is 13.4. The Kier molecular flexibility index (Phi) is 8.23. The zero-order valence-corrected chi connectivity index (χ0v) is 12.2. The molecule has 0 atom stereocenters. The van der Waals surface area contributed by atoms with Gasteiger partial charge in [0.15, 0.2) is 0 Å². The van der Waals surface area contributed by atoms with Gasteiger partial charge in [-0.15, -0.1) is 0 Å². The Hall–Kier alpha value is -1.09. The monoisotopic (exact) mass is 267 g/mol. The number of halogens is 1. The number of benzene rings is 1. The first kappa shape index (κ1) is 16.0. The lowest BCUT2D eigenvalue weighted by Gasteiger charge is -2.08. The molecule has 0 saturated carbocycles. The molecule has 0 heterocycles. The molecule has 0 spiro atoms. The van der Waals surface area contributed by atoms with Crippen molar-refractivity contribution in [1.82, 2.24) is 5.32 Å². The van der Waals surface area contributed by atoms with E-state index in [-0.39, 0.29) is 5.82 Å². The minimum absolute atomic E-state index is 0.231. The van der Waals surface area contributed by atoms with Gasteiger partial charge >= 0.3 is 0 Å². The molecule has 108 valence electrons. The molecule has 2 nitrogen and oxygen atoms in total. The molecule has 0 aliphatic rings. The number of nitrogens with one attached hydrogen (secondary N) is 1. The van der Waals surface area contributed by atoms with E-state index in [2.05, 4.69) is 12.2 Å². The van der Waals surface area contributed by atoms with Crippen molar-refractivity contribution in [3.05, 3.63) is 29.6 Å². The zero-order chi connectivity index (χ0) is 13.9. The molecular formula is C16H26FNO. The first-order chi connectivity index (χ1) is 9.26. The average Bonchev–Trinajstić information content (AvgIpc) is 2.37. The van der Waals surface area contributed by atoms with E-state index in [4.69, 9.17) is 4.74 Å². The third-order valence-corrected chi connectivity index (χ3v) is 3.08. The topological polar surface area (TPSA) is 21.3 Å². The summed E-state index contributed by atoms with van der Waals surface area (Å²) in [5.41, 5.74) is 0.917. The molecule has 1 N–H and O–H groups in total. The van der Waals surface area contributed by atoms with Crippen molar-refractivity contribution in [2.24, 2.45) is 0 Å². The number of hydrogen-bond donors (Lipinski definition) is 1. The molecule has 1 aromatic carbocycles. The Morgan fingerprint density at radius 2 is 1.79 bits per heavy atom. The van der Waals surface area contributed by atoms with Crippen LogP contribution in [-0.4, -0.2) is 13.7 Å². The van der Waals surface area contributed by atoms with Crippen LogP contribution in [0.15, 0.2) is 18.2 Å². The van der Waals surface area contributed by atoms with Crippen LogP contribution >= 0.6 is 0 Å². The van der Waals surface area contributed by atoms with Crippen molar-refractivity contribution >= 4 is 0 Å². The van der Waals surface area contributed by atoms with E-state index in [1.807, 2.05) is 13.1 Å². The summed E-state index contributed by atoms with van der Waals surface area (Å²) >= 11 is 0. The first-order valence-corrected chi connectivity index (χ1v) is 7.33. The molecule has 1 aromatic rings. The van der Waals surface area contributed by atoms with E-state index in [0.717, 1.165) is 12.0 Å². The highest BCUT2D eigenvalue weighted by atomic mass is 19.1. The van der Waals surface area contributed by atoms with Crippen LogP contribution in [0.4, 0.5) is 4.39 Å². The number of hydrogen-bond acceptors (Lipinski definition) is 2. The maximum atomic E-state index is 13.4. The highest BCUT2D eigenvalue weighted by Crippen LogP contribution is 2.17. The normalized spacial score (nSPS) is 10.7. The molecule has 0 aliphatic heterocycles. The van der Waals surface area contributed by atoms with Crippen LogP contribution in [0, 0.1) is 5.82 Å². The second-order valence-corrected chi connectivity index (χ2v) is 4.94. The van der Waals surface area contributed by atoms with Crippen LogP contribution < -0.4 is 10.1 Å². The van der Waals surface area contributed by atoms with Gasteiger partial charge in [-0.05, 0) is 31.2 Å². The van der Waals surface area contributed by atoms with Crippen LogP contribution in [-0.2, 0) is 6.54 Å². The fourth-order valence-electron chi connectivity index (χ4n) is 2.08. The van der Waals surface area contributed by atoms with Crippen molar-refractivity contribution in [2.45, 2.75) is 52.0 Å². The van der Waals surface area contributed by atoms with Gasteiger partial charge < -0.3 is 10.1 Å². The lowest BCUT2D eigenvalue weighted by Crippen LogP contribution is -2.06. The fraction of sp³-hybridized carbons (Fsp3) is 0.625. The number of unbranched alkanes of at least 4 members (excludes halogenated alkanes) is 5. The van der Waals surface area contributed by atoms with Gasteiger partial charge in [0, 0.05) is 12.6 Å². The van der Waals surface area contributed by atoms with Crippen LogP contribution in [0.5, 0.6) is 5.75 Å². The molecule has 0 saturated heterocycles. The average molecular weight is 267 g/mol. The third kappa shape index (κ3) is 7.16. The molecule has 3 heteroatoms. The van der Waals surface area contributed by atoms with Gasteiger partial charge in [0.1, 0.15) is 11.6 Å². The molecular weight excluding hydrogens is 241 g/mol. The highest BCUT2D eigenvalue weighted by Gasteiger charge is 2.01. The van der Waals surface area contributed by atoms with E-state index < -0.39 is 0 Å². The van der Waals surface area contributed by atoms with Gasteiger partial charge in [0.25, 0.3) is 0 Å². The lowest BCUT2D eigenvalue weighted by atomic mass is 10.1.